The van der Waals surface area contributed by atoms with Gasteiger partial charge in [0.25, 0.3) is 0 Å². The second-order valence-corrected chi connectivity index (χ2v) is 7.65. The highest BCUT2D eigenvalue weighted by atomic mass is 35.5. The van der Waals surface area contributed by atoms with Gasteiger partial charge >= 0.3 is 0 Å². The van der Waals surface area contributed by atoms with Gasteiger partial charge in [0, 0.05) is 13.1 Å². The highest BCUT2D eigenvalue weighted by molar-refractivity contribution is 6.33. The highest BCUT2D eigenvalue weighted by Gasteiger charge is 2.26. The Morgan fingerprint density at radius 1 is 1.24 bits per heavy atom. The van der Waals surface area contributed by atoms with Gasteiger partial charge in [-0.25, -0.2) is 14.4 Å². The number of H-pyrrole nitrogens is 1. The van der Waals surface area contributed by atoms with Crippen LogP contribution in [0.4, 0.5) is 10.2 Å². The van der Waals surface area contributed by atoms with Crippen LogP contribution < -0.4 is 4.90 Å². The zero-order valence-electron chi connectivity index (χ0n) is 14.2. The third kappa shape index (κ3) is 2.95. The predicted molar refractivity (Wildman–Crippen MR) is 97.3 cm³/mol. The van der Waals surface area contributed by atoms with Crippen molar-refractivity contribution in [1.29, 1.82) is 0 Å². The molecule has 0 aliphatic carbocycles. The third-order valence-corrected chi connectivity index (χ3v) is 5.22. The summed E-state index contributed by atoms with van der Waals surface area (Å²) in [4.78, 5) is 11.3. The first-order valence-corrected chi connectivity index (χ1v) is 8.73. The van der Waals surface area contributed by atoms with Crippen molar-refractivity contribution >= 4 is 28.6 Å². The van der Waals surface area contributed by atoms with Gasteiger partial charge in [-0.15, -0.1) is 0 Å². The fraction of sp³-hybridized carbons (Fsp3) is 0.389. The summed E-state index contributed by atoms with van der Waals surface area (Å²) in [5, 5.41) is 7.36. The minimum absolute atomic E-state index is 0.272. The van der Waals surface area contributed by atoms with Crippen molar-refractivity contribution in [3.63, 3.8) is 0 Å². The number of anilines is 1. The molecule has 0 unspecified atom stereocenters. The second kappa shape index (κ2) is 5.95. The van der Waals surface area contributed by atoms with E-state index in [1.807, 2.05) is 0 Å². The van der Waals surface area contributed by atoms with Gasteiger partial charge in [-0.1, -0.05) is 31.5 Å². The molecule has 3 heterocycles. The van der Waals surface area contributed by atoms with Crippen molar-refractivity contribution in [2.75, 3.05) is 18.0 Å². The van der Waals surface area contributed by atoms with Gasteiger partial charge in [-0.05, 0) is 30.4 Å². The van der Waals surface area contributed by atoms with Crippen LogP contribution in [0.5, 0.6) is 0 Å². The Kier molecular flexibility index (Phi) is 3.87. The Bertz CT molecular complexity index is 906. The Balaban J connectivity index is 1.70. The molecule has 25 heavy (non-hydrogen) atoms. The van der Waals surface area contributed by atoms with E-state index < -0.39 is 5.82 Å². The maximum Gasteiger partial charge on any atom is 0.202 e. The first-order valence-electron chi connectivity index (χ1n) is 8.35. The van der Waals surface area contributed by atoms with E-state index in [-0.39, 0.29) is 5.56 Å². The number of aromatic nitrogens is 4. The van der Waals surface area contributed by atoms with Gasteiger partial charge in [0.05, 0.1) is 22.5 Å². The zero-order valence-corrected chi connectivity index (χ0v) is 14.9. The average Bonchev–Trinajstić information content (AvgIpc) is 2.98. The van der Waals surface area contributed by atoms with Crippen LogP contribution in [0.1, 0.15) is 26.7 Å². The second-order valence-electron chi connectivity index (χ2n) is 7.25. The Labute approximate surface area is 150 Å². The van der Waals surface area contributed by atoms with Crippen molar-refractivity contribution in [3.8, 4) is 11.3 Å². The average molecular weight is 360 g/mol. The molecule has 0 bridgehead atoms. The van der Waals surface area contributed by atoms with Crippen molar-refractivity contribution in [1.82, 2.24) is 20.2 Å². The van der Waals surface area contributed by atoms with Gasteiger partial charge in [0.1, 0.15) is 17.2 Å². The number of nitrogens with one attached hydrogen (secondary N) is 1. The molecule has 5 nitrogen and oxygen atoms in total. The minimum atomic E-state index is -0.415. The Morgan fingerprint density at radius 2 is 2.00 bits per heavy atom. The van der Waals surface area contributed by atoms with Crippen molar-refractivity contribution in [3.05, 3.63) is 35.2 Å². The van der Waals surface area contributed by atoms with E-state index in [0.29, 0.717) is 27.3 Å². The van der Waals surface area contributed by atoms with Crippen LogP contribution in [0.2, 0.25) is 5.02 Å². The summed E-state index contributed by atoms with van der Waals surface area (Å²) in [6.45, 7) is 6.47. The van der Waals surface area contributed by atoms with E-state index >= 15 is 0 Å². The fourth-order valence-corrected chi connectivity index (χ4v) is 3.45. The van der Waals surface area contributed by atoms with Crippen LogP contribution in [0.15, 0.2) is 24.4 Å². The largest absolute Gasteiger partial charge is 0.355 e. The lowest BCUT2D eigenvalue weighted by Gasteiger charge is -2.37. The Hall–Kier alpha value is -2.21. The molecule has 0 saturated carbocycles. The number of aromatic amines is 1. The van der Waals surface area contributed by atoms with Crippen LogP contribution in [0, 0.1) is 11.2 Å². The molecule has 3 aromatic rings. The molecule has 1 saturated heterocycles. The molecule has 7 heteroatoms. The van der Waals surface area contributed by atoms with E-state index in [1.165, 1.54) is 6.07 Å². The number of piperidine rings is 1. The van der Waals surface area contributed by atoms with E-state index in [2.05, 4.69) is 38.9 Å². The third-order valence-electron chi connectivity index (χ3n) is 4.91. The van der Waals surface area contributed by atoms with Gasteiger partial charge < -0.3 is 4.90 Å². The predicted octanol–water partition coefficient (Wildman–Crippen LogP) is 4.44. The first kappa shape index (κ1) is 16.3. The monoisotopic (exact) mass is 359 g/mol. The van der Waals surface area contributed by atoms with Crippen LogP contribution in [0.3, 0.4) is 0 Å². The smallest absolute Gasteiger partial charge is 0.202 e. The normalized spacial score (nSPS) is 17.2. The topological polar surface area (TPSA) is 57.7 Å². The molecule has 0 atom stereocenters. The molecule has 0 radical (unpaired) electrons. The highest BCUT2D eigenvalue weighted by Crippen LogP contribution is 2.34. The number of rotatable bonds is 2. The molecule has 130 valence electrons. The summed E-state index contributed by atoms with van der Waals surface area (Å²) in [6.07, 6.45) is 3.96. The fourth-order valence-electron chi connectivity index (χ4n) is 3.19. The number of hydrogen-bond acceptors (Lipinski definition) is 4. The minimum Gasteiger partial charge on any atom is -0.355 e. The number of halogens is 2. The summed E-state index contributed by atoms with van der Waals surface area (Å²) in [6, 6.07) is 4.58. The van der Waals surface area contributed by atoms with Crippen molar-refractivity contribution in [2.45, 2.75) is 26.7 Å². The molecule has 4 rings (SSSR count). The molecule has 0 spiro atoms. The summed E-state index contributed by atoms with van der Waals surface area (Å²) < 4.78 is 14.2. The molecule has 2 aromatic heterocycles. The van der Waals surface area contributed by atoms with Crippen LogP contribution in [-0.2, 0) is 0 Å². The lowest BCUT2D eigenvalue weighted by molar-refractivity contribution is 0.279. The molecule has 0 amide bonds. The summed E-state index contributed by atoms with van der Waals surface area (Å²) in [5.41, 5.74) is 2.09. The summed E-state index contributed by atoms with van der Waals surface area (Å²) in [7, 11) is 0. The molecule has 1 aliphatic rings. The van der Waals surface area contributed by atoms with E-state index in [9.17, 15) is 4.39 Å². The molecule has 1 aromatic carbocycles. The zero-order chi connectivity index (χ0) is 17.6. The molecular weight excluding hydrogens is 341 g/mol. The SMILES string of the molecule is CC1(C)CCN(c2cnc3c(-c4c(F)cccc4Cl)[nH]nc3n2)CC1. The van der Waals surface area contributed by atoms with Crippen LogP contribution >= 0.6 is 11.6 Å². The quantitative estimate of drug-likeness (QED) is 0.735. The molecule has 1 fully saturated rings. The number of nitrogens with zero attached hydrogens (tertiary/aromatic N) is 4. The van der Waals surface area contributed by atoms with Gasteiger partial charge in [-0.3, -0.25) is 5.10 Å². The van der Waals surface area contributed by atoms with Gasteiger partial charge in [0.15, 0.2) is 0 Å². The van der Waals surface area contributed by atoms with Gasteiger partial charge in [0.2, 0.25) is 5.65 Å². The molecular formula is C18H19ClFN5. The van der Waals surface area contributed by atoms with Crippen LogP contribution in [-0.4, -0.2) is 33.3 Å². The van der Waals surface area contributed by atoms with E-state index in [4.69, 9.17) is 11.6 Å². The Morgan fingerprint density at radius 3 is 2.72 bits per heavy atom. The van der Waals surface area contributed by atoms with Crippen molar-refractivity contribution < 1.29 is 4.39 Å². The van der Waals surface area contributed by atoms with Gasteiger partial charge in [-0.2, -0.15) is 5.10 Å². The van der Waals surface area contributed by atoms with E-state index in [0.717, 1.165) is 31.7 Å². The molecule has 1 N–H and O–H groups in total. The van der Waals surface area contributed by atoms with Crippen LogP contribution in [0.25, 0.3) is 22.4 Å². The maximum atomic E-state index is 14.2. The first-order chi connectivity index (χ1) is 11.9. The van der Waals surface area contributed by atoms with Crippen molar-refractivity contribution in [2.24, 2.45) is 5.41 Å². The lowest BCUT2D eigenvalue weighted by atomic mass is 9.83. The number of benzene rings is 1. The number of hydrogen-bond donors (Lipinski definition) is 1. The molecule has 1 aliphatic heterocycles. The number of fused-ring (bicyclic) bond motifs is 1. The summed E-state index contributed by atoms with van der Waals surface area (Å²) in [5.74, 6) is 0.392. The standard InChI is InChI=1S/C18H19ClFN5/c1-18(2)6-8-25(9-7-18)13-10-21-16-15(23-24-17(16)22-13)14-11(19)4-3-5-12(14)20/h3-5,10H,6-9H2,1-2H3,(H,22,23,24). The summed E-state index contributed by atoms with van der Waals surface area (Å²) >= 11 is 6.16. The maximum absolute atomic E-state index is 14.2. The van der Waals surface area contributed by atoms with E-state index in [1.54, 1.807) is 18.3 Å². The lowest BCUT2D eigenvalue weighted by Crippen LogP contribution is -2.37.